The van der Waals surface area contributed by atoms with Gasteiger partial charge < -0.3 is 14.8 Å². The van der Waals surface area contributed by atoms with Gasteiger partial charge in [-0.3, -0.25) is 4.79 Å². The van der Waals surface area contributed by atoms with E-state index in [0.717, 1.165) is 0 Å². The average molecular weight is 309 g/mol. The van der Waals surface area contributed by atoms with E-state index in [9.17, 15) is 9.59 Å². The molecule has 1 aliphatic heterocycles. The SMILES string of the molecule is CC=CC(=O)Oc1cccc(C2NC(=O)c3ccccc3O2)c1. The number of fused-ring (bicyclic) bond motifs is 1. The molecule has 3 rings (SSSR count). The fourth-order valence-corrected chi connectivity index (χ4v) is 2.29. The molecule has 0 saturated carbocycles. The van der Waals surface area contributed by atoms with E-state index in [0.29, 0.717) is 22.6 Å². The quantitative estimate of drug-likeness (QED) is 0.538. The third kappa shape index (κ3) is 3.23. The van der Waals surface area contributed by atoms with Crippen molar-refractivity contribution in [1.82, 2.24) is 5.32 Å². The lowest BCUT2D eigenvalue weighted by atomic mass is 10.1. The van der Waals surface area contributed by atoms with E-state index in [1.807, 2.05) is 6.07 Å². The van der Waals surface area contributed by atoms with Crippen molar-refractivity contribution in [1.29, 1.82) is 0 Å². The van der Waals surface area contributed by atoms with Crippen molar-refractivity contribution in [3.63, 3.8) is 0 Å². The van der Waals surface area contributed by atoms with E-state index in [1.54, 1.807) is 55.5 Å². The van der Waals surface area contributed by atoms with Crippen LogP contribution in [0, 0.1) is 0 Å². The Bertz CT molecular complexity index is 782. The molecule has 23 heavy (non-hydrogen) atoms. The molecule has 0 radical (unpaired) electrons. The molecule has 5 nitrogen and oxygen atoms in total. The van der Waals surface area contributed by atoms with Crippen LogP contribution in [0.1, 0.15) is 29.1 Å². The Balaban J connectivity index is 1.83. The lowest BCUT2D eigenvalue weighted by Gasteiger charge is -2.27. The number of hydrogen-bond acceptors (Lipinski definition) is 4. The maximum atomic E-state index is 12.1. The predicted octanol–water partition coefficient (Wildman–Crippen LogP) is 2.99. The molecule has 0 saturated heterocycles. The summed E-state index contributed by atoms with van der Waals surface area (Å²) in [6.07, 6.45) is 2.31. The number of hydrogen-bond donors (Lipinski definition) is 1. The van der Waals surface area contributed by atoms with Crippen LogP contribution in [0.5, 0.6) is 11.5 Å². The number of carbonyl (C=O) groups is 2. The lowest BCUT2D eigenvalue weighted by Crippen LogP contribution is -2.36. The molecule has 1 unspecified atom stereocenters. The summed E-state index contributed by atoms with van der Waals surface area (Å²) in [6.45, 7) is 1.74. The van der Waals surface area contributed by atoms with Gasteiger partial charge in [0.15, 0.2) is 6.23 Å². The summed E-state index contributed by atoms with van der Waals surface area (Å²) in [5.41, 5.74) is 1.19. The van der Waals surface area contributed by atoms with Crippen molar-refractivity contribution in [2.24, 2.45) is 0 Å². The van der Waals surface area contributed by atoms with Crippen LogP contribution in [0.3, 0.4) is 0 Å². The topological polar surface area (TPSA) is 64.6 Å². The maximum Gasteiger partial charge on any atom is 0.335 e. The molecule has 1 N–H and O–H groups in total. The smallest absolute Gasteiger partial charge is 0.335 e. The molecule has 1 atom stereocenters. The molecule has 116 valence electrons. The highest BCUT2D eigenvalue weighted by Crippen LogP contribution is 2.30. The van der Waals surface area contributed by atoms with E-state index in [4.69, 9.17) is 9.47 Å². The van der Waals surface area contributed by atoms with Crippen LogP contribution in [0.4, 0.5) is 0 Å². The number of nitrogens with one attached hydrogen (secondary N) is 1. The van der Waals surface area contributed by atoms with Crippen LogP contribution >= 0.6 is 0 Å². The van der Waals surface area contributed by atoms with Gasteiger partial charge in [-0.2, -0.15) is 0 Å². The Morgan fingerprint density at radius 2 is 2.04 bits per heavy atom. The fourth-order valence-electron chi connectivity index (χ4n) is 2.29. The second-order valence-electron chi connectivity index (χ2n) is 4.96. The first-order valence-corrected chi connectivity index (χ1v) is 7.18. The summed E-state index contributed by atoms with van der Waals surface area (Å²) in [5, 5.41) is 2.78. The monoisotopic (exact) mass is 309 g/mol. The summed E-state index contributed by atoms with van der Waals surface area (Å²) < 4.78 is 11.0. The van der Waals surface area contributed by atoms with Gasteiger partial charge >= 0.3 is 5.97 Å². The molecular formula is C18H15NO4. The highest BCUT2D eigenvalue weighted by molar-refractivity contribution is 5.98. The number of carbonyl (C=O) groups excluding carboxylic acids is 2. The van der Waals surface area contributed by atoms with Crippen LogP contribution < -0.4 is 14.8 Å². The molecule has 5 heteroatoms. The summed E-state index contributed by atoms with van der Waals surface area (Å²) in [6, 6.07) is 13.9. The van der Waals surface area contributed by atoms with E-state index in [2.05, 4.69) is 5.32 Å². The molecule has 2 aromatic rings. The number of allylic oxidation sites excluding steroid dienone is 1. The maximum absolute atomic E-state index is 12.1. The van der Waals surface area contributed by atoms with Gasteiger partial charge in [-0.1, -0.05) is 30.3 Å². The molecule has 0 fully saturated rings. The van der Waals surface area contributed by atoms with Crippen LogP contribution in [0.25, 0.3) is 0 Å². The highest BCUT2D eigenvalue weighted by Gasteiger charge is 2.26. The summed E-state index contributed by atoms with van der Waals surface area (Å²) >= 11 is 0. The van der Waals surface area contributed by atoms with E-state index >= 15 is 0 Å². The Labute approximate surface area is 133 Å². The molecule has 1 aliphatic rings. The lowest BCUT2D eigenvalue weighted by molar-refractivity contribution is -0.129. The van der Waals surface area contributed by atoms with E-state index in [-0.39, 0.29) is 5.91 Å². The Morgan fingerprint density at radius 1 is 1.22 bits per heavy atom. The number of esters is 1. The summed E-state index contributed by atoms with van der Waals surface area (Å²) in [7, 11) is 0. The van der Waals surface area contributed by atoms with Crippen LogP contribution in [0.15, 0.2) is 60.7 Å². The van der Waals surface area contributed by atoms with E-state index in [1.165, 1.54) is 6.08 Å². The standard InChI is InChI=1S/C18H15NO4/c1-2-6-16(20)22-13-8-5-7-12(11-13)18-19-17(21)14-9-3-4-10-15(14)23-18/h2-11,18H,1H3,(H,19,21). The third-order valence-corrected chi connectivity index (χ3v) is 3.32. The first-order chi connectivity index (χ1) is 11.2. The Kier molecular flexibility index (Phi) is 4.10. The Morgan fingerprint density at radius 3 is 2.87 bits per heavy atom. The Hall–Kier alpha value is -3.08. The second-order valence-corrected chi connectivity index (χ2v) is 4.96. The van der Waals surface area contributed by atoms with Gasteiger partial charge in [0.1, 0.15) is 11.5 Å². The zero-order chi connectivity index (χ0) is 16.2. The average Bonchev–Trinajstić information content (AvgIpc) is 2.55. The van der Waals surface area contributed by atoms with Crippen molar-refractivity contribution in [3.05, 3.63) is 71.8 Å². The molecule has 0 spiro atoms. The molecule has 0 aliphatic carbocycles. The van der Waals surface area contributed by atoms with Crippen molar-refractivity contribution in [2.75, 3.05) is 0 Å². The highest BCUT2D eigenvalue weighted by atomic mass is 16.5. The van der Waals surface area contributed by atoms with Gasteiger partial charge in [0.25, 0.3) is 5.91 Å². The zero-order valence-corrected chi connectivity index (χ0v) is 12.5. The first-order valence-electron chi connectivity index (χ1n) is 7.18. The van der Waals surface area contributed by atoms with Gasteiger partial charge in [-0.25, -0.2) is 4.79 Å². The number of rotatable bonds is 3. The van der Waals surface area contributed by atoms with Gasteiger partial charge in [0.05, 0.1) is 5.56 Å². The molecule has 2 aromatic carbocycles. The molecule has 1 amide bonds. The van der Waals surface area contributed by atoms with Gasteiger partial charge in [-0.05, 0) is 31.2 Å². The number of para-hydroxylation sites is 1. The molecule has 0 bridgehead atoms. The van der Waals surface area contributed by atoms with Crippen LogP contribution in [-0.4, -0.2) is 11.9 Å². The number of amides is 1. The summed E-state index contributed by atoms with van der Waals surface area (Å²) in [4.78, 5) is 23.6. The molecular weight excluding hydrogens is 294 g/mol. The minimum atomic E-state index is -0.627. The van der Waals surface area contributed by atoms with Gasteiger partial charge in [0.2, 0.25) is 0 Å². The normalized spacial score (nSPS) is 16.4. The first kappa shape index (κ1) is 14.8. The van der Waals surface area contributed by atoms with Crippen LogP contribution in [0.2, 0.25) is 0 Å². The minimum absolute atomic E-state index is 0.201. The van der Waals surface area contributed by atoms with E-state index < -0.39 is 12.2 Å². The van der Waals surface area contributed by atoms with Crippen molar-refractivity contribution in [2.45, 2.75) is 13.2 Å². The van der Waals surface area contributed by atoms with Crippen molar-refractivity contribution >= 4 is 11.9 Å². The molecule has 0 aromatic heterocycles. The number of benzene rings is 2. The largest absolute Gasteiger partial charge is 0.466 e. The summed E-state index contributed by atoms with van der Waals surface area (Å²) in [5.74, 6) is 0.261. The van der Waals surface area contributed by atoms with Gasteiger partial charge in [-0.15, -0.1) is 0 Å². The third-order valence-electron chi connectivity index (χ3n) is 3.32. The second kappa shape index (κ2) is 6.36. The fraction of sp³-hybridized carbons (Fsp3) is 0.111. The van der Waals surface area contributed by atoms with Crippen molar-refractivity contribution in [3.8, 4) is 11.5 Å². The number of ether oxygens (including phenoxy) is 2. The predicted molar refractivity (Wildman–Crippen MR) is 84.2 cm³/mol. The zero-order valence-electron chi connectivity index (χ0n) is 12.5. The minimum Gasteiger partial charge on any atom is -0.466 e. The van der Waals surface area contributed by atoms with Crippen molar-refractivity contribution < 1.29 is 19.1 Å². The molecule has 1 heterocycles. The van der Waals surface area contributed by atoms with Gasteiger partial charge in [0, 0.05) is 11.6 Å². The van der Waals surface area contributed by atoms with Crippen LogP contribution in [-0.2, 0) is 4.79 Å².